The van der Waals surface area contributed by atoms with E-state index in [1.54, 1.807) is 11.3 Å². The van der Waals surface area contributed by atoms with E-state index in [1.807, 2.05) is 30.7 Å². The fourth-order valence-corrected chi connectivity index (χ4v) is 3.33. The first kappa shape index (κ1) is 18.5. The van der Waals surface area contributed by atoms with Crippen molar-refractivity contribution in [2.24, 2.45) is 0 Å². The second kappa shape index (κ2) is 8.30. The molecular weight excluding hydrogens is 337 g/mol. The Kier molecular flexibility index (Phi) is 6.39. The molecule has 1 amide bonds. The zero-order valence-corrected chi connectivity index (χ0v) is 14.3. The van der Waals surface area contributed by atoms with E-state index in [2.05, 4.69) is 10.2 Å². The van der Waals surface area contributed by atoms with E-state index in [0.717, 1.165) is 18.7 Å². The van der Waals surface area contributed by atoms with Crippen molar-refractivity contribution in [3.05, 3.63) is 57.5 Å². The third-order valence-corrected chi connectivity index (χ3v) is 4.57. The Bertz CT molecular complexity index is 664. The number of hydrogen-bond acceptors (Lipinski definition) is 3. The zero-order valence-electron chi connectivity index (χ0n) is 13.5. The number of carbonyl (C=O) groups excluding carboxylic acids is 1. The molecule has 1 aromatic carbocycles. The Morgan fingerprint density at radius 1 is 1.21 bits per heavy atom. The summed E-state index contributed by atoms with van der Waals surface area (Å²) >= 11 is 1.54. The highest BCUT2D eigenvalue weighted by atomic mass is 32.1. The molecule has 1 N–H and O–H groups in total. The van der Waals surface area contributed by atoms with Gasteiger partial charge < -0.3 is 5.32 Å². The van der Waals surface area contributed by atoms with Gasteiger partial charge in [0.1, 0.15) is 23.0 Å². The lowest BCUT2D eigenvalue weighted by molar-refractivity contribution is 0.0926. The first-order valence-electron chi connectivity index (χ1n) is 7.66. The summed E-state index contributed by atoms with van der Waals surface area (Å²) in [5.41, 5.74) is 0.268. The van der Waals surface area contributed by atoms with E-state index in [1.165, 1.54) is 0 Å². The van der Waals surface area contributed by atoms with Crippen LogP contribution in [0.2, 0.25) is 0 Å². The molecule has 2 rings (SSSR count). The van der Waals surface area contributed by atoms with Crippen molar-refractivity contribution in [2.75, 3.05) is 19.6 Å². The van der Waals surface area contributed by atoms with Crippen LogP contribution in [0, 0.1) is 17.5 Å². The molecule has 0 aliphatic carbocycles. The van der Waals surface area contributed by atoms with Gasteiger partial charge in [0.25, 0.3) is 5.91 Å². The number of amides is 1. The number of carbonyl (C=O) groups is 1. The smallest absolute Gasteiger partial charge is 0.257 e. The van der Waals surface area contributed by atoms with Crippen LogP contribution in [0.15, 0.2) is 29.0 Å². The summed E-state index contributed by atoms with van der Waals surface area (Å²) in [6.45, 7) is 5.75. The fraction of sp³-hybridized carbons (Fsp3) is 0.353. The minimum absolute atomic E-state index is 0.0956. The Hall–Kier alpha value is -1.86. The summed E-state index contributed by atoms with van der Waals surface area (Å²) in [6.07, 6.45) is 0. The summed E-state index contributed by atoms with van der Waals surface area (Å²) in [6, 6.07) is 2.86. The molecule has 0 bridgehead atoms. The number of likely N-dealkylation sites (N-methyl/N-ethyl adjacent to an activating group) is 1. The first-order chi connectivity index (χ1) is 11.5. The van der Waals surface area contributed by atoms with Gasteiger partial charge >= 0.3 is 0 Å². The van der Waals surface area contributed by atoms with Crippen LogP contribution in [0.4, 0.5) is 13.2 Å². The maximum atomic E-state index is 13.7. The number of nitrogens with zero attached hydrogens (tertiary/aromatic N) is 1. The van der Waals surface area contributed by atoms with Crippen LogP contribution in [0.5, 0.6) is 0 Å². The van der Waals surface area contributed by atoms with Gasteiger partial charge in [0.2, 0.25) is 0 Å². The summed E-state index contributed by atoms with van der Waals surface area (Å²) in [5, 5.41) is 6.48. The summed E-state index contributed by atoms with van der Waals surface area (Å²) < 4.78 is 40.4. The highest BCUT2D eigenvalue weighted by Gasteiger charge is 2.23. The second-order valence-corrected chi connectivity index (χ2v) is 6.03. The van der Waals surface area contributed by atoms with Gasteiger partial charge in [0.05, 0.1) is 6.04 Å². The first-order valence-corrected chi connectivity index (χ1v) is 8.61. The molecule has 0 spiro atoms. The van der Waals surface area contributed by atoms with Crippen molar-refractivity contribution >= 4 is 17.2 Å². The molecule has 1 heterocycles. The van der Waals surface area contributed by atoms with Crippen LogP contribution in [0.3, 0.4) is 0 Å². The number of benzene rings is 1. The number of thiophene rings is 1. The molecule has 0 aliphatic rings. The summed E-state index contributed by atoms with van der Waals surface area (Å²) in [7, 11) is 0. The highest BCUT2D eigenvalue weighted by molar-refractivity contribution is 7.07. The lowest BCUT2D eigenvalue weighted by Gasteiger charge is -2.29. The molecule has 7 heteroatoms. The number of rotatable bonds is 7. The Balaban J connectivity index is 2.16. The van der Waals surface area contributed by atoms with Crippen LogP contribution < -0.4 is 5.32 Å². The molecule has 0 saturated carbocycles. The average Bonchev–Trinajstić information content (AvgIpc) is 3.04. The largest absolute Gasteiger partial charge is 0.350 e. The second-order valence-electron chi connectivity index (χ2n) is 5.25. The van der Waals surface area contributed by atoms with E-state index in [0.29, 0.717) is 12.1 Å². The lowest BCUT2D eigenvalue weighted by Crippen LogP contribution is -2.38. The van der Waals surface area contributed by atoms with Gasteiger partial charge in [-0.15, -0.1) is 0 Å². The van der Waals surface area contributed by atoms with Crippen LogP contribution >= 0.6 is 11.3 Å². The Morgan fingerprint density at radius 2 is 1.83 bits per heavy atom. The molecule has 0 fully saturated rings. The van der Waals surface area contributed by atoms with Crippen molar-refractivity contribution in [1.82, 2.24) is 10.2 Å². The van der Waals surface area contributed by atoms with Crippen LogP contribution in [0.25, 0.3) is 0 Å². The monoisotopic (exact) mass is 356 g/mol. The van der Waals surface area contributed by atoms with E-state index >= 15 is 0 Å². The predicted octanol–water partition coefficient (Wildman–Crippen LogP) is 3.98. The molecule has 1 unspecified atom stereocenters. The molecule has 24 heavy (non-hydrogen) atoms. The van der Waals surface area contributed by atoms with E-state index in [9.17, 15) is 18.0 Å². The molecule has 0 radical (unpaired) electrons. The normalized spacial score (nSPS) is 12.4. The molecule has 1 atom stereocenters. The average molecular weight is 356 g/mol. The maximum Gasteiger partial charge on any atom is 0.257 e. The van der Waals surface area contributed by atoms with Gasteiger partial charge in [0.15, 0.2) is 0 Å². The van der Waals surface area contributed by atoms with E-state index < -0.39 is 28.9 Å². The SMILES string of the molecule is CCN(CC)C(CNC(=O)c1c(F)cc(F)cc1F)c1ccsc1. The minimum atomic E-state index is -1.21. The molecule has 0 saturated heterocycles. The summed E-state index contributed by atoms with van der Waals surface area (Å²) in [5.74, 6) is -4.36. The van der Waals surface area contributed by atoms with Gasteiger partial charge in [-0.2, -0.15) is 11.3 Å². The predicted molar refractivity (Wildman–Crippen MR) is 88.6 cm³/mol. The van der Waals surface area contributed by atoms with Gasteiger partial charge in [-0.1, -0.05) is 13.8 Å². The Morgan fingerprint density at radius 3 is 2.33 bits per heavy atom. The molecule has 1 aromatic heterocycles. The standard InChI is InChI=1S/C17H19F3N2OS/c1-3-22(4-2)15(11-5-6-24-10-11)9-21-17(23)16-13(19)7-12(18)8-14(16)20/h5-8,10,15H,3-4,9H2,1-2H3,(H,21,23). The fourth-order valence-electron chi connectivity index (χ4n) is 2.62. The number of hydrogen-bond donors (Lipinski definition) is 1. The van der Waals surface area contributed by atoms with Crippen molar-refractivity contribution in [2.45, 2.75) is 19.9 Å². The molecule has 130 valence electrons. The van der Waals surface area contributed by atoms with Crippen molar-refractivity contribution in [1.29, 1.82) is 0 Å². The number of nitrogens with one attached hydrogen (secondary N) is 1. The van der Waals surface area contributed by atoms with Gasteiger partial charge in [-0.3, -0.25) is 9.69 Å². The van der Waals surface area contributed by atoms with Gasteiger partial charge in [-0.05, 0) is 35.5 Å². The van der Waals surface area contributed by atoms with Gasteiger partial charge in [-0.25, -0.2) is 13.2 Å². The third-order valence-electron chi connectivity index (χ3n) is 3.87. The minimum Gasteiger partial charge on any atom is -0.350 e. The lowest BCUT2D eigenvalue weighted by atomic mass is 10.1. The van der Waals surface area contributed by atoms with Crippen LogP contribution in [-0.4, -0.2) is 30.4 Å². The van der Waals surface area contributed by atoms with Gasteiger partial charge in [0, 0.05) is 18.7 Å². The molecule has 3 nitrogen and oxygen atoms in total. The molecular formula is C17H19F3N2OS. The summed E-state index contributed by atoms with van der Waals surface area (Å²) in [4.78, 5) is 14.3. The van der Waals surface area contributed by atoms with Crippen molar-refractivity contribution < 1.29 is 18.0 Å². The Labute approximate surface area is 143 Å². The van der Waals surface area contributed by atoms with Crippen molar-refractivity contribution in [3.8, 4) is 0 Å². The van der Waals surface area contributed by atoms with E-state index in [-0.39, 0.29) is 12.6 Å². The third kappa shape index (κ3) is 4.15. The highest BCUT2D eigenvalue weighted by Crippen LogP contribution is 2.22. The number of halogens is 3. The molecule has 0 aliphatic heterocycles. The zero-order chi connectivity index (χ0) is 17.7. The topological polar surface area (TPSA) is 32.3 Å². The van der Waals surface area contributed by atoms with Crippen LogP contribution in [-0.2, 0) is 0 Å². The van der Waals surface area contributed by atoms with E-state index in [4.69, 9.17) is 0 Å². The van der Waals surface area contributed by atoms with Crippen molar-refractivity contribution in [3.63, 3.8) is 0 Å². The molecule has 2 aromatic rings. The maximum absolute atomic E-state index is 13.7. The quantitative estimate of drug-likeness (QED) is 0.814. The van der Waals surface area contributed by atoms with Crippen LogP contribution in [0.1, 0.15) is 35.8 Å².